The van der Waals surface area contributed by atoms with Crippen LogP contribution in [-0.4, -0.2) is 73.2 Å². The van der Waals surface area contributed by atoms with E-state index in [4.69, 9.17) is 4.74 Å². The van der Waals surface area contributed by atoms with Crippen LogP contribution in [0.25, 0.3) is 0 Å². The molecule has 0 radical (unpaired) electrons. The number of ether oxygens (including phenoxy) is 1. The van der Waals surface area contributed by atoms with Gasteiger partial charge in [-0.15, -0.1) is 0 Å². The van der Waals surface area contributed by atoms with E-state index in [-0.39, 0.29) is 12.0 Å². The van der Waals surface area contributed by atoms with Crippen LogP contribution in [0.2, 0.25) is 0 Å². The number of fused-ring (bicyclic) bond motifs is 1. The molecule has 5 heteroatoms. The van der Waals surface area contributed by atoms with Crippen molar-refractivity contribution >= 4 is 5.97 Å². The number of carbonyl (C=O) groups is 1. The molecule has 1 N–H and O–H groups in total. The molecule has 3 atom stereocenters. The lowest BCUT2D eigenvalue weighted by atomic mass is 10.1. The third kappa shape index (κ3) is 3.15. The number of nitrogens with one attached hydrogen (secondary N) is 1. The summed E-state index contributed by atoms with van der Waals surface area (Å²) < 4.78 is 4.97. The van der Waals surface area contributed by atoms with Crippen LogP contribution < -0.4 is 5.32 Å². The third-order valence-electron chi connectivity index (χ3n) is 4.98. The molecule has 0 aromatic heterocycles. The molecule has 0 aromatic carbocycles. The fraction of sp³-hybridized carbons (Fsp3) is 0.933. The quantitative estimate of drug-likeness (QED) is 0.741. The first-order valence-electron chi connectivity index (χ1n) is 7.99. The van der Waals surface area contributed by atoms with Gasteiger partial charge in [-0.2, -0.15) is 0 Å². The van der Waals surface area contributed by atoms with E-state index in [0.29, 0.717) is 18.1 Å². The Morgan fingerprint density at radius 1 is 1.35 bits per heavy atom. The summed E-state index contributed by atoms with van der Waals surface area (Å²) in [6, 6.07) is 1.59. The van der Waals surface area contributed by atoms with Gasteiger partial charge in [-0.05, 0) is 39.2 Å². The molecule has 2 aliphatic heterocycles. The molecule has 0 spiro atoms. The number of esters is 1. The SMILES string of the molecule is COC(=O)C(CN1CC2CCCN2CC1C)NC1CC1. The Bertz CT molecular complexity index is 359. The zero-order valence-corrected chi connectivity index (χ0v) is 12.7. The fourth-order valence-corrected chi connectivity index (χ4v) is 3.61. The second-order valence-electron chi connectivity index (χ2n) is 6.61. The molecule has 2 heterocycles. The minimum atomic E-state index is -0.164. The number of nitrogens with zero attached hydrogens (tertiary/aromatic N) is 2. The fourth-order valence-electron chi connectivity index (χ4n) is 3.61. The first-order valence-corrected chi connectivity index (χ1v) is 7.99. The predicted molar refractivity (Wildman–Crippen MR) is 77.6 cm³/mol. The van der Waals surface area contributed by atoms with Crippen LogP contribution in [0, 0.1) is 0 Å². The van der Waals surface area contributed by atoms with Gasteiger partial charge in [0.2, 0.25) is 0 Å². The van der Waals surface area contributed by atoms with Crippen LogP contribution >= 0.6 is 0 Å². The van der Waals surface area contributed by atoms with Crippen molar-refractivity contribution in [3.63, 3.8) is 0 Å². The Balaban J connectivity index is 1.59. The summed E-state index contributed by atoms with van der Waals surface area (Å²) >= 11 is 0. The highest BCUT2D eigenvalue weighted by Gasteiger charge is 2.37. The minimum Gasteiger partial charge on any atom is -0.468 e. The summed E-state index contributed by atoms with van der Waals surface area (Å²) in [6.45, 7) is 6.56. The molecule has 3 aliphatic rings. The van der Waals surface area contributed by atoms with Gasteiger partial charge in [0.05, 0.1) is 7.11 Å². The van der Waals surface area contributed by atoms with Crippen molar-refractivity contribution in [2.75, 3.05) is 33.3 Å². The van der Waals surface area contributed by atoms with Gasteiger partial charge in [0.25, 0.3) is 0 Å². The largest absolute Gasteiger partial charge is 0.468 e. The van der Waals surface area contributed by atoms with Gasteiger partial charge < -0.3 is 10.1 Å². The van der Waals surface area contributed by atoms with Crippen molar-refractivity contribution in [3.8, 4) is 0 Å². The van der Waals surface area contributed by atoms with Crippen LogP contribution in [0.3, 0.4) is 0 Å². The molecule has 0 amide bonds. The maximum Gasteiger partial charge on any atom is 0.324 e. The maximum atomic E-state index is 12.0. The van der Waals surface area contributed by atoms with Crippen molar-refractivity contribution < 1.29 is 9.53 Å². The summed E-state index contributed by atoms with van der Waals surface area (Å²) in [7, 11) is 1.49. The van der Waals surface area contributed by atoms with E-state index < -0.39 is 0 Å². The van der Waals surface area contributed by atoms with Gasteiger partial charge in [-0.1, -0.05) is 0 Å². The van der Waals surface area contributed by atoms with Crippen LogP contribution in [0.5, 0.6) is 0 Å². The van der Waals surface area contributed by atoms with E-state index in [0.717, 1.165) is 19.6 Å². The predicted octanol–water partition coefficient (Wildman–Crippen LogP) is 0.449. The van der Waals surface area contributed by atoms with Gasteiger partial charge in [0.15, 0.2) is 0 Å². The molecule has 0 bridgehead atoms. The van der Waals surface area contributed by atoms with Gasteiger partial charge >= 0.3 is 5.97 Å². The van der Waals surface area contributed by atoms with Gasteiger partial charge in [-0.3, -0.25) is 14.6 Å². The summed E-state index contributed by atoms with van der Waals surface area (Å²) in [5.74, 6) is -0.113. The number of rotatable bonds is 5. The lowest BCUT2D eigenvalue weighted by molar-refractivity contribution is -0.144. The highest BCUT2D eigenvalue weighted by Crippen LogP contribution is 2.25. The first-order chi connectivity index (χ1) is 9.67. The monoisotopic (exact) mass is 281 g/mol. The average Bonchev–Trinajstić information content (AvgIpc) is 3.15. The van der Waals surface area contributed by atoms with Crippen LogP contribution in [0.4, 0.5) is 0 Å². The van der Waals surface area contributed by atoms with E-state index in [1.165, 1.54) is 39.3 Å². The lowest BCUT2D eigenvalue weighted by Gasteiger charge is -2.43. The third-order valence-corrected chi connectivity index (χ3v) is 4.98. The van der Waals surface area contributed by atoms with Crippen molar-refractivity contribution in [2.45, 2.75) is 56.8 Å². The Morgan fingerprint density at radius 3 is 2.85 bits per heavy atom. The number of piperazine rings is 1. The zero-order chi connectivity index (χ0) is 14.1. The van der Waals surface area contributed by atoms with Gasteiger partial charge in [0, 0.05) is 37.8 Å². The second-order valence-corrected chi connectivity index (χ2v) is 6.61. The molecule has 3 rings (SSSR count). The second kappa shape index (κ2) is 6.00. The molecule has 20 heavy (non-hydrogen) atoms. The first kappa shape index (κ1) is 14.3. The molecule has 1 aliphatic carbocycles. The van der Waals surface area contributed by atoms with Crippen LogP contribution in [0.1, 0.15) is 32.6 Å². The summed E-state index contributed by atoms with van der Waals surface area (Å²) in [4.78, 5) is 17.1. The molecule has 0 aromatic rings. The summed E-state index contributed by atoms with van der Waals surface area (Å²) in [6.07, 6.45) is 5.02. The van der Waals surface area contributed by atoms with Gasteiger partial charge in [0.1, 0.15) is 6.04 Å². The summed E-state index contributed by atoms with van der Waals surface area (Å²) in [5, 5.41) is 3.44. The standard InChI is InChI=1S/C15H27N3O2/c1-11-8-17-7-3-4-13(17)9-18(11)10-14(15(19)20-2)16-12-5-6-12/h11-14,16H,3-10H2,1-2H3. The van der Waals surface area contributed by atoms with Crippen molar-refractivity contribution in [3.05, 3.63) is 0 Å². The molecule has 1 saturated carbocycles. The van der Waals surface area contributed by atoms with E-state index >= 15 is 0 Å². The molecular weight excluding hydrogens is 254 g/mol. The number of hydrogen-bond acceptors (Lipinski definition) is 5. The van der Waals surface area contributed by atoms with Crippen molar-refractivity contribution in [2.24, 2.45) is 0 Å². The molecule has 5 nitrogen and oxygen atoms in total. The number of hydrogen-bond donors (Lipinski definition) is 1. The molecular formula is C15H27N3O2. The molecule has 3 unspecified atom stereocenters. The van der Waals surface area contributed by atoms with Crippen LogP contribution in [-0.2, 0) is 9.53 Å². The highest BCUT2D eigenvalue weighted by atomic mass is 16.5. The molecule has 3 fully saturated rings. The number of methoxy groups -OCH3 is 1. The topological polar surface area (TPSA) is 44.8 Å². The lowest BCUT2D eigenvalue weighted by Crippen LogP contribution is -2.59. The van der Waals surface area contributed by atoms with E-state index in [1.807, 2.05) is 0 Å². The molecule has 114 valence electrons. The normalized spacial score (nSPS) is 32.9. The summed E-state index contributed by atoms with van der Waals surface area (Å²) in [5.41, 5.74) is 0. The zero-order valence-electron chi connectivity index (χ0n) is 12.7. The Kier molecular flexibility index (Phi) is 4.29. The van der Waals surface area contributed by atoms with E-state index in [1.54, 1.807) is 0 Å². The Hall–Kier alpha value is -0.650. The maximum absolute atomic E-state index is 12.0. The minimum absolute atomic E-state index is 0.113. The molecule has 2 saturated heterocycles. The Morgan fingerprint density at radius 2 is 2.15 bits per heavy atom. The van der Waals surface area contributed by atoms with Gasteiger partial charge in [-0.25, -0.2) is 0 Å². The van der Waals surface area contributed by atoms with E-state index in [9.17, 15) is 4.79 Å². The average molecular weight is 281 g/mol. The van der Waals surface area contributed by atoms with E-state index in [2.05, 4.69) is 22.0 Å². The Labute approximate surface area is 121 Å². The highest BCUT2D eigenvalue weighted by molar-refractivity contribution is 5.76. The van der Waals surface area contributed by atoms with Crippen molar-refractivity contribution in [1.82, 2.24) is 15.1 Å². The number of carbonyl (C=O) groups excluding carboxylic acids is 1. The van der Waals surface area contributed by atoms with Crippen LogP contribution in [0.15, 0.2) is 0 Å². The van der Waals surface area contributed by atoms with Crippen molar-refractivity contribution in [1.29, 1.82) is 0 Å². The smallest absolute Gasteiger partial charge is 0.324 e.